The summed E-state index contributed by atoms with van der Waals surface area (Å²) in [5.74, 6) is 0.915. The molecule has 0 N–H and O–H groups in total. The van der Waals surface area contributed by atoms with E-state index in [9.17, 15) is 14.9 Å². The fourth-order valence-electron chi connectivity index (χ4n) is 3.97. The highest BCUT2D eigenvalue weighted by Gasteiger charge is 2.50. The summed E-state index contributed by atoms with van der Waals surface area (Å²) in [6, 6.07) is 0. The number of fused-ring (bicyclic) bond motifs is 1. The van der Waals surface area contributed by atoms with Gasteiger partial charge in [-0.05, 0) is 31.6 Å². The fraction of sp³-hybridized carbons (Fsp3) is 0.923. The molecule has 5 nitrogen and oxygen atoms in total. The summed E-state index contributed by atoms with van der Waals surface area (Å²) >= 11 is 0. The molecule has 0 saturated heterocycles. The second kappa shape index (κ2) is 5.24. The van der Waals surface area contributed by atoms with Crippen LogP contribution in [-0.4, -0.2) is 24.0 Å². The minimum absolute atomic E-state index is 0.0845. The summed E-state index contributed by atoms with van der Waals surface area (Å²) < 4.78 is 4.97. The third kappa shape index (κ3) is 2.82. The van der Waals surface area contributed by atoms with Gasteiger partial charge >= 0.3 is 5.97 Å². The molecular weight excluding hydrogens is 234 g/mol. The lowest BCUT2D eigenvalue weighted by atomic mass is 9.80. The number of nitro groups is 1. The van der Waals surface area contributed by atoms with Gasteiger partial charge in [0.05, 0.1) is 13.0 Å². The van der Waals surface area contributed by atoms with Gasteiger partial charge in [0.15, 0.2) is 0 Å². The molecule has 2 saturated carbocycles. The zero-order valence-electron chi connectivity index (χ0n) is 10.9. The van der Waals surface area contributed by atoms with Crippen molar-refractivity contribution in [3.63, 3.8) is 0 Å². The van der Waals surface area contributed by atoms with Crippen molar-refractivity contribution in [2.24, 2.45) is 17.3 Å². The summed E-state index contributed by atoms with van der Waals surface area (Å²) in [4.78, 5) is 22.3. The molecule has 0 bridgehead atoms. The molecule has 0 aromatic carbocycles. The van der Waals surface area contributed by atoms with Crippen molar-refractivity contribution < 1.29 is 14.5 Å². The van der Waals surface area contributed by atoms with Crippen molar-refractivity contribution in [1.29, 1.82) is 0 Å². The van der Waals surface area contributed by atoms with Crippen LogP contribution >= 0.6 is 0 Å². The predicted molar refractivity (Wildman–Crippen MR) is 65.6 cm³/mol. The van der Waals surface area contributed by atoms with Gasteiger partial charge in [0.25, 0.3) is 0 Å². The van der Waals surface area contributed by atoms with Gasteiger partial charge in [-0.1, -0.05) is 19.3 Å². The Bertz CT molecular complexity index is 330. The van der Waals surface area contributed by atoms with Crippen LogP contribution in [0.4, 0.5) is 0 Å². The standard InChI is InChI=1S/C13H21NO4/c1-2-18-12(15)8-13(9-14(16)17)6-10-4-3-5-11(10)7-13/h10-11H,2-9H2,1H3/t10-,11+,13?. The molecule has 2 rings (SSSR count). The normalized spacial score (nSPS) is 34.3. The number of carbonyl (C=O) groups excluding carboxylic acids is 1. The zero-order chi connectivity index (χ0) is 13.2. The molecule has 0 heterocycles. The number of ether oxygens (including phenoxy) is 1. The van der Waals surface area contributed by atoms with Crippen LogP contribution in [0, 0.1) is 27.4 Å². The molecule has 3 atom stereocenters. The topological polar surface area (TPSA) is 69.4 Å². The summed E-state index contributed by atoms with van der Waals surface area (Å²) in [7, 11) is 0. The van der Waals surface area contributed by atoms with E-state index in [1.165, 1.54) is 19.3 Å². The molecule has 18 heavy (non-hydrogen) atoms. The highest BCUT2D eigenvalue weighted by Crippen LogP contribution is 2.54. The highest BCUT2D eigenvalue weighted by molar-refractivity contribution is 5.70. The highest BCUT2D eigenvalue weighted by atomic mass is 16.6. The van der Waals surface area contributed by atoms with Gasteiger partial charge in [-0.3, -0.25) is 14.9 Å². The second-order valence-corrected chi connectivity index (χ2v) is 5.83. The molecule has 0 aromatic heterocycles. The molecule has 0 amide bonds. The van der Waals surface area contributed by atoms with Crippen molar-refractivity contribution >= 4 is 5.97 Å². The summed E-state index contributed by atoms with van der Waals surface area (Å²) in [6.07, 6.45) is 5.47. The summed E-state index contributed by atoms with van der Waals surface area (Å²) in [6.45, 7) is 2.03. The van der Waals surface area contributed by atoms with E-state index < -0.39 is 5.41 Å². The Morgan fingerprint density at radius 1 is 1.39 bits per heavy atom. The average molecular weight is 255 g/mol. The Hall–Kier alpha value is -1.13. The van der Waals surface area contributed by atoms with Crippen LogP contribution in [0.1, 0.15) is 45.4 Å². The number of hydrogen-bond acceptors (Lipinski definition) is 4. The van der Waals surface area contributed by atoms with Crippen LogP contribution in [0.25, 0.3) is 0 Å². The van der Waals surface area contributed by atoms with E-state index in [4.69, 9.17) is 4.74 Å². The van der Waals surface area contributed by atoms with Crippen molar-refractivity contribution in [3.05, 3.63) is 10.1 Å². The molecule has 1 unspecified atom stereocenters. The lowest BCUT2D eigenvalue weighted by molar-refractivity contribution is -0.497. The zero-order valence-corrected chi connectivity index (χ0v) is 10.9. The summed E-state index contributed by atoms with van der Waals surface area (Å²) in [5.41, 5.74) is -0.439. The van der Waals surface area contributed by atoms with E-state index in [0.29, 0.717) is 18.4 Å². The van der Waals surface area contributed by atoms with Crippen LogP contribution in [0.2, 0.25) is 0 Å². The molecule has 0 aliphatic heterocycles. The fourth-order valence-corrected chi connectivity index (χ4v) is 3.97. The lowest BCUT2D eigenvalue weighted by Gasteiger charge is -2.24. The molecule has 5 heteroatoms. The van der Waals surface area contributed by atoms with Gasteiger partial charge in [0, 0.05) is 10.3 Å². The molecule has 0 spiro atoms. The van der Waals surface area contributed by atoms with Gasteiger partial charge < -0.3 is 4.74 Å². The Morgan fingerprint density at radius 3 is 2.50 bits per heavy atom. The third-order valence-corrected chi connectivity index (χ3v) is 4.50. The Kier molecular flexibility index (Phi) is 3.88. The smallest absolute Gasteiger partial charge is 0.306 e. The first kappa shape index (κ1) is 13.3. The number of nitrogens with zero attached hydrogens (tertiary/aromatic N) is 1. The van der Waals surface area contributed by atoms with Gasteiger partial charge in [0.2, 0.25) is 6.54 Å². The number of carbonyl (C=O) groups is 1. The van der Waals surface area contributed by atoms with Crippen molar-refractivity contribution in [1.82, 2.24) is 0 Å². The summed E-state index contributed by atoms with van der Waals surface area (Å²) in [5, 5.41) is 10.9. The molecule has 0 aromatic rings. The molecule has 0 radical (unpaired) electrons. The maximum absolute atomic E-state index is 11.7. The number of rotatable bonds is 5. The van der Waals surface area contributed by atoms with Gasteiger partial charge in [-0.2, -0.15) is 0 Å². The van der Waals surface area contributed by atoms with Gasteiger partial charge in [-0.15, -0.1) is 0 Å². The SMILES string of the molecule is CCOC(=O)CC1(C[N+](=O)[O-])C[C@H]2CCC[C@H]2C1. The number of esters is 1. The maximum Gasteiger partial charge on any atom is 0.306 e. The quantitative estimate of drug-likeness (QED) is 0.430. The molecular formula is C13H21NO4. The van der Waals surface area contributed by atoms with Gasteiger partial charge in [-0.25, -0.2) is 0 Å². The minimum Gasteiger partial charge on any atom is -0.466 e. The van der Waals surface area contributed by atoms with Crippen LogP contribution in [0.3, 0.4) is 0 Å². The van der Waals surface area contributed by atoms with E-state index in [1.54, 1.807) is 6.92 Å². The monoisotopic (exact) mass is 255 g/mol. The van der Waals surface area contributed by atoms with E-state index in [-0.39, 0.29) is 23.9 Å². The lowest BCUT2D eigenvalue weighted by Crippen LogP contribution is -2.31. The van der Waals surface area contributed by atoms with Crippen LogP contribution in [0.15, 0.2) is 0 Å². The largest absolute Gasteiger partial charge is 0.466 e. The van der Waals surface area contributed by atoms with Crippen molar-refractivity contribution in [2.45, 2.75) is 45.4 Å². The Balaban J connectivity index is 2.05. The van der Waals surface area contributed by atoms with Crippen molar-refractivity contribution in [3.8, 4) is 0 Å². The van der Waals surface area contributed by atoms with E-state index in [0.717, 1.165) is 12.8 Å². The first-order chi connectivity index (χ1) is 8.54. The third-order valence-electron chi connectivity index (χ3n) is 4.50. The molecule has 102 valence electrons. The number of hydrogen-bond donors (Lipinski definition) is 0. The molecule has 2 fully saturated rings. The van der Waals surface area contributed by atoms with E-state index in [1.807, 2.05) is 0 Å². The van der Waals surface area contributed by atoms with E-state index in [2.05, 4.69) is 0 Å². The van der Waals surface area contributed by atoms with Crippen molar-refractivity contribution in [2.75, 3.05) is 13.2 Å². The van der Waals surface area contributed by atoms with Gasteiger partial charge in [0.1, 0.15) is 0 Å². The Labute approximate surface area is 107 Å². The molecule has 2 aliphatic rings. The maximum atomic E-state index is 11.7. The molecule has 2 aliphatic carbocycles. The first-order valence-electron chi connectivity index (χ1n) is 6.82. The average Bonchev–Trinajstić information content (AvgIpc) is 2.74. The van der Waals surface area contributed by atoms with E-state index >= 15 is 0 Å². The van der Waals surface area contributed by atoms with Crippen LogP contribution in [0.5, 0.6) is 0 Å². The minimum atomic E-state index is -0.439. The second-order valence-electron chi connectivity index (χ2n) is 5.83. The predicted octanol–water partition coefficient (Wildman–Crippen LogP) is 2.41. The van der Waals surface area contributed by atoms with Crippen LogP contribution in [-0.2, 0) is 9.53 Å². The Morgan fingerprint density at radius 2 is 2.00 bits per heavy atom. The first-order valence-corrected chi connectivity index (χ1v) is 6.82. The van der Waals surface area contributed by atoms with Crippen LogP contribution < -0.4 is 0 Å².